The summed E-state index contributed by atoms with van der Waals surface area (Å²) in [5.41, 5.74) is 8.44. The molecule has 0 unspecified atom stereocenters. The maximum absolute atomic E-state index is 13.1. The average molecular weight is 497 g/mol. The lowest BCUT2D eigenvalue weighted by Gasteiger charge is -2.27. The van der Waals surface area contributed by atoms with Crippen LogP contribution in [-0.4, -0.2) is 12.2 Å². The molecule has 1 aliphatic rings. The van der Waals surface area contributed by atoms with Crippen LogP contribution in [0, 0.1) is 17.1 Å². The van der Waals surface area contributed by atoms with Gasteiger partial charge >= 0.3 is 0 Å². The number of phenolic OH excluding ortho intramolecular Hbond substituents is 1. The van der Waals surface area contributed by atoms with Crippen molar-refractivity contribution >= 4 is 15.9 Å². The van der Waals surface area contributed by atoms with E-state index in [2.05, 4.69) is 22.0 Å². The number of rotatable bonds is 5. The van der Waals surface area contributed by atoms with Gasteiger partial charge in [0.1, 0.15) is 35.6 Å². The van der Waals surface area contributed by atoms with Crippen molar-refractivity contribution in [2.24, 2.45) is 5.73 Å². The minimum atomic E-state index is -0.543. The van der Waals surface area contributed by atoms with Gasteiger partial charge in [-0.25, -0.2) is 4.39 Å². The van der Waals surface area contributed by atoms with E-state index in [0.29, 0.717) is 32.8 Å². The number of hydrogen-bond donors (Lipinski definition) is 2. The van der Waals surface area contributed by atoms with E-state index < -0.39 is 5.92 Å². The van der Waals surface area contributed by atoms with E-state index in [-0.39, 0.29) is 29.6 Å². The van der Waals surface area contributed by atoms with E-state index in [0.717, 1.165) is 5.56 Å². The number of benzene rings is 3. The van der Waals surface area contributed by atoms with Gasteiger partial charge in [-0.3, -0.25) is 0 Å². The first-order chi connectivity index (χ1) is 15.4. The summed E-state index contributed by atoms with van der Waals surface area (Å²) in [4.78, 5) is 0. The molecular formula is C24H18BrFN2O4. The van der Waals surface area contributed by atoms with Gasteiger partial charge in [0, 0.05) is 16.1 Å². The summed E-state index contributed by atoms with van der Waals surface area (Å²) in [6.45, 7) is 0.220. The Morgan fingerprint density at radius 2 is 1.88 bits per heavy atom. The quantitative estimate of drug-likeness (QED) is 0.509. The molecule has 0 radical (unpaired) electrons. The first-order valence-corrected chi connectivity index (χ1v) is 10.4. The highest BCUT2D eigenvalue weighted by atomic mass is 79.9. The Kier molecular flexibility index (Phi) is 5.93. The monoisotopic (exact) mass is 496 g/mol. The van der Waals surface area contributed by atoms with Crippen molar-refractivity contribution in [3.8, 4) is 29.1 Å². The molecule has 162 valence electrons. The van der Waals surface area contributed by atoms with E-state index in [1.54, 1.807) is 30.3 Å². The lowest BCUT2D eigenvalue weighted by atomic mass is 9.83. The largest absolute Gasteiger partial charge is 0.508 e. The summed E-state index contributed by atoms with van der Waals surface area (Å²) in [5.74, 6) is 0.431. The van der Waals surface area contributed by atoms with Crippen LogP contribution in [0.1, 0.15) is 22.6 Å². The fourth-order valence-corrected chi connectivity index (χ4v) is 4.10. The number of nitrogens with two attached hydrogens (primary N) is 1. The number of methoxy groups -OCH3 is 1. The van der Waals surface area contributed by atoms with Crippen LogP contribution in [0.5, 0.6) is 23.0 Å². The van der Waals surface area contributed by atoms with Crippen LogP contribution in [0.25, 0.3) is 0 Å². The molecule has 0 saturated carbocycles. The zero-order valence-electron chi connectivity index (χ0n) is 16.9. The van der Waals surface area contributed by atoms with Gasteiger partial charge in [-0.15, -0.1) is 0 Å². The Hall–Kier alpha value is -3.70. The maximum Gasteiger partial charge on any atom is 0.205 e. The van der Waals surface area contributed by atoms with Gasteiger partial charge in [0.25, 0.3) is 0 Å². The van der Waals surface area contributed by atoms with Gasteiger partial charge < -0.3 is 25.1 Å². The number of ether oxygens (including phenoxy) is 3. The first kappa shape index (κ1) is 21.5. The van der Waals surface area contributed by atoms with Crippen LogP contribution in [-0.2, 0) is 6.61 Å². The minimum Gasteiger partial charge on any atom is -0.508 e. The van der Waals surface area contributed by atoms with Crippen molar-refractivity contribution in [2.75, 3.05) is 7.11 Å². The molecule has 0 fully saturated rings. The number of allylic oxidation sites excluding steroid dienone is 1. The van der Waals surface area contributed by atoms with Gasteiger partial charge in [-0.2, -0.15) is 5.26 Å². The number of aromatic hydroxyl groups is 1. The molecular weight excluding hydrogens is 479 g/mol. The van der Waals surface area contributed by atoms with Gasteiger partial charge in [0.15, 0.2) is 11.5 Å². The molecule has 8 heteroatoms. The Morgan fingerprint density at radius 1 is 1.12 bits per heavy atom. The number of nitrogens with zero attached hydrogens (tertiary/aromatic N) is 1. The zero-order valence-corrected chi connectivity index (χ0v) is 18.5. The second-order valence-corrected chi connectivity index (χ2v) is 7.94. The van der Waals surface area contributed by atoms with Crippen molar-refractivity contribution in [2.45, 2.75) is 12.5 Å². The molecule has 3 N–H and O–H groups in total. The molecule has 1 atom stereocenters. The Bertz CT molecular complexity index is 1250. The molecule has 0 bridgehead atoms. The minimum absolute atomic E-state index is 0.0249. The highest BCUT2D eigenvalue weighted by molar-refractivity contribution is 9.10. The molecule has 32 heavy (non-hydrogen) atoms. The lowest BCUT2D eigenvalue weighted by molar-refractivity contribution is 0.284. The van der Waals surface area contributed by atoms with Gasteiger partial charge in [-0.05, 0) is 41.5 Å². The zero-order chi connectivity index (χ0) is 22.8. The highest BCUT2D eigenvalue weighted by Gasteiger charge is 2.33. The van der Waals surface area contributed by atoms with Crippen molar-refractivity contribution < 1.29 is 23.7 Å². The van der Waals surface area contributed by atoms with Crippen LogP contribution >= 0.6 is 15.9 Å². The summed E-state index contributed by atoms with van der Waals surface area (Å²) in [6, 6.07) is 16.3. The van der Waals surface area contributed by atoms with Crippen molar-refractivity contribution in [3.63, 3.8) is 0 Å². The molecule has 4 rings (SSSR count). The van der Waals surface area contributed by atoms with E-state index in [9.17, 15) is 14.8 Å². The van der Waals surface area contributed by atoms with Crippen molar-refractivity contribution in [1.82, 2.24) is 0 Å². The second-order valence-electron chi connectivity index (χ2n) is 7.09. The van der Waals surface area contributed by atoms with E-state index in [1.807, 2.05) is 0 Å². The third kappa shape index (κ3) is 4.07. The smallest absolute Gasteiger partial charge is 0.205 e. The molecule has 6 nitrogen and oxygen atoms in total. The summed E-state index contributed by atoms with van der Waals surface area (Å²) in [5, 5.41) is 19.6. The summed E-state index contributed by atoms with van der Waals surface area (Å²) < 4.78 is 30.8. The molecule has 1 heterocycles. The first-order valence-electron chi connectivity index (χ1n) is 9.56. The fourth-order valence-electron chi connectivity index (χ4n) is 3.55. The van der Waals surface area contributed by atoms with Crippen molar-refractivity contribution in [3.05, 3.63) is 93.0 Å². The molecule has 0 spiro atoms. The molecule has 3 aromatic carbocycles. The lowest BCUT2D eigenvalue weighted by Crippen LogP contribution is -2.21. The van der Waals surface area contributed by atoms with E-state index in [4.69, 9.17) is 19.9 Å². The number of hydrogen-bond acceptors (Lipinski definition) is 6. The molecule has 1 aliphatic heterocycles. The Balaban J connectivity index is 1.74. The molecule has 0 aromatic heterocycles. The second kappa shape index (κ2) is 8.81. The predicted molar refractivity (Wildman–Crippen MR) is 119 cm³/mol. The number of nitriles is 1. The summed E-state index contributed by atoms with van der Waals surface area (Å²) in [6.07, 6.45) is 0. The Morgan fingerprint density at radius 3 is 2.56 bits per heavy atom. The van der Waals surface area contributed by atoms with Crippen LogP contribution in [0.3, 0.4) is 0 Å². The van der Waals surface area contributed by atoms with Crippen LogP contribution < -0.4 is 19.9 Å². The highest BCUT2D eigenvalue weighted by Crippen LogP contribution is 2.47. The third-order valence-electron chi connectivity index (χ3n) is 5.10. The van der Waals surface area contributed by atoms with Crippen LogP contribution in [0.2, 0.25) is 0 Å². The number of phenols is 1. The average Bonchev–Trinajstić information content (AvgIpc) is 2.78. The van der Waals surface area contributed by atoms with Gasteiger partial charge in [-0.1, -0.05) is 34.1 Å². The molecule has 0 saturated heterocycles. The fraction of sp³-hybridized carbons (Fsp3) is 0.125. The van der Waals surface area contributed by atoms with E-state index in [1.165, 1.54) is 31.4 Å². The number of fused-ring (bicyclic) bond motifs is 1. The topological polar surface area (TPSA) is 97.7 Å². The molecule has 3 aromatic rings. The van der Waals surface area contributed by atoms with E-state index >= 15 is 0 Å². The maximum atomic E-state index is 13.1. The Labute approximate surface area is 192 Å². The standard InChI is InChI=1S/C24H18BrFN2O4/c1-30-21-9-17(19(25)10-22(21)31-12-13-2-4-14(26)5-3-13)23-16-7-6-15(29)8-20(16)32-24(28)18(23)11-27/h2-10,23,29H,12,28H2,1H3/t23-/m1/s1. The number of halogens is 2. The SMILES string of the molecule is COc1cc([C@@H]2C(C#N)=C(N)Oc3cc(O)ccc32)c(Br)cc1OCc1ccc(F)cc1. The van der Waals surface area contributed by atoms with Crippen LogP contribution in [0.15, 0.2) is 70.5 Å². The predicted octanol–water partition coefficient (Wildman–Crippen LogP) is 5.10. The van der Waals surface area contributed by atoms with Crippen LogP contribution in [0.4, 0.5) is 4.39 Å². The van der Waals surface area contributed by atoms with Crippen molar-refractivity contribution in [1.29, 1.82) is 5.26 Å². The third-order valence-corrected chi connectivity index (χ3v) is 5.79. The molecule has 0 aliphatic carbocycles. The van der Waals surface area contributed by atoms with Gasteiger partial charge in [0.05, 0.1) is 13.0 Å². The van der Waals surface area contributed by atoms with Gasteiger partial charge in [0.2, 0.25) is 5.88 Å². The summed E-state index contributed by atoms with van der Waals surface area (Å²) >= 11 is 3.58. The normalized spacial score (nSPS) is 14.9. The molecule has 0 amide bonds. The summed E-state index contributed by atoms with van der Waals surface area (Å²) in [7, 11) is 1.52.